The number of aromatic nitrogens is 2. The van der Waals surface area contributed by atoms with Gasteiger partial charge in [0, 0.05) is 25.4 Å². The number of hydrogen-bond donors (Lipinski definition) is 1. The van der Waals surface area contributed by atoms with Crippen molar-refractivity contribution in [1.82, 2.24) is 9.55 Å². The molecule has 0 bridgehead atoms. The van der Waals surface area contributed by atoms with Crippen LogP contribution in [0.4, 0.5) is 0 Å². The largest absolute Gasteiger partial charge is 0.392 e. The molecular weight excluding hydrogens is 248 g/mol. The van der Waals surface area contributed by atoms with E-state index in [1.807, 2.05) is 12.4 Å². The molecule has 1 heterocycles. The topological polar surface area (TPSA) is 38.1 Å². The zero-order chi connectivity index (χ0) is 14.4. The van der Waals surface area contributed by atoms with Crippen molar-refractivity contribution in [2.24, 2.45) is 11.8 Å². The van der Waals surface area contributed by atoms with Gasteiger partial charge in [-0.3, -0.25) is 0 Å². The average molecular weight is 278 g/mol. The van der Waals surface area contributed by atoms with Crippen LogP contribution in [0.1, 0.15) is 64.6 Å². The molecule has 0 radical (unpaired) electrons. The molecule has 1 aromatic heterocycles. The highest BCUT2D eigenvalue weighted by atomic mass is 16.3. The van der Waals surface area contributed by atoms with Gasteiger partial charge in [-0.1, -0.05) is 39.0 Å². The summed E-state index contributed by atoms with van der Waals surface area (Å²) in [7, 11) is 0. The first-order chi connectivity index (χ1) is 9.74. The summed E-state index contributed by atoms with van der Waals surface area (Å²) < 4.78 is 2.14. The third-order valence-electron chi connectivity index (χ3n) is 4.94. The third kappa shape index (κ3) is 4.08. The summed E-state index contributed by atoms with van der Waals surface area (Å²) in [6.07, 6.45) is 13.4. The van der Waals surface area contributed by atoms with Crippen LogP contribution in [0.2, 0.25) is 0 Å². The fourth-order valence-corrected chi connectivity index (χ4v) is 3.53. The lowest BCUT2D eigenvalue weighted by atomic mass is 9.77. The van der Waals surface area contributed by atoms with E-state index in [2.05, 4.69) is 23.4 Å². The van der Waals surface area contributed by atoms with E-state index in [-0.39, 0.29) is 6.10 Å². The highest BCUT2D eigenvalue weighted by Gasteiger charge is 2.27. The molecule has 1 unspecified atom stereocenters. The molecule has 1 aliphatic rings. The molecule has 20 heavy (non-hydrogen) atoms. The maximum Gasteiger partial charge on any atom is 0.111 e. The van der Waals surface area contributed by atoms with E-state index in [1.165, 1.54) is 44.9 Å². The Morgan fingerprint density at radius 1 is 1.30 bits per heavy atom. The number of imidazole rings is 1. The first-order valence-electron chi connectivity index (χ1n) is 8.42. The summed E-state index contributed by atoms with van der Waals surface area (Å²) in [4.78, 5) is 4.38. The molecule has 3 nitrogen and oxygen atoms in total. The van der Waals surface area contributed by atoms with Crippen LogP contribution in [-0.2, 0) is 13.0 Å². The van der Waals surface area contributed by atoms with E-state index in [9.17, 15) is 5.11 Å². The summed E-state index contributed by atoms with van der Waals surface area (Å²) in [5.41, 5.74) is 0. The molecule has 1 N–H and O–H groups in total. The standard InChI is InChI=1S/C17H30N2O/c1-3-5-6-14-7-9-15(10-8-14)16(20)13-17-18-11-12-19(17)4-2/h11-12,14-16,20H,3-10,13H2,1-2H3. The van der Waals surface area contributed by atoms with Gasteiger partial charge in [-0.05, 0) is 31.6 Å². The lowest BCUT2D eigenvalue weighted by Crippen LogP contribution is -2.28. The van der Waals surface area contributed by atoms with Crippen molar-refractivity contribution in [1.29, 1.82) is 0 Å². The van der Waals surface area contributed by atoms with Gasteiger partial charge in [-0.25, -0.2) is 4.98 Å². The van der Waals surface area contributed by atoms with Gasteiger partial charge in [-0.15, -0.1) is 0 Å². The number of aliphatic hydroxyl groups is 1. The summed E-state index contributed by atoms with van der Waals surface area (Å²) in [6.45, 7) is 5.33. The van der Waals surface area contributed by atoms with Gasteiger partial charge in [-0.2, -0.15) is 0 Å². The van der Waals surface area contributed by atoms with Gasteiger partial charge in [0.15, 0.2) is 0 Å². The number of nitrogens with zero attached hydrogens (tertiary/aromatic N) is 2. The summed E-state index contributed by atoms with van der Waals surface area (Å²) >= 11 is 0. The molecule has 0 spiro atoms. The van der Waals surface area contributed by atoms with Crippen molar-refractivity contribution in [3.8, 4) is 0 Å². The van der Waals surface area contributed by atoms with E-state index in [1.54, 1.807) is 0 Å². The molecular formula is C17H30N2O. The Kier molecular flexibility index (Phi) is 6.08. The van der Waals surface area contributed by atoms with Gasteiger partial charge in [0.05, 0.1) is 6.10 Å². The van der Waals surface area contributed by atoms with Crippen LogP contribution in [0.5, 0.6) is 0 Å². The molecule has 0 aromatic carbocycles. The maximum atomic E-state index is 10.5. The predicted octanol–water partition coefficient (Wildman–Crippen LogP) is 3.80. The molecule has 114 valence electrons. The molecule has 1 saturated carbocycles. The Labute approximate surface area is 123 Å². The first-order valence-corrected chi connectivity index (χ1v) is 8.42. The summed E-state index contributed by atoms with van der Waals surface area (Å²) in [5, 5.41) is 10.5. The van der Waals surface area contributed by atoms with Crippen molar-refractivity contribution >= 4 is 0 Å². The molecule has 1 fully saturated rings. The number of unbranched alkanes of at least 4 members (excludes halogenated alkanes) is 1. The van der Waals surface area contributed by atoms with Crippen LogP contribution >= 0.6 is 0 Å². The van der Waals surface area contributed by atoms with Gasteiger partial charge in [0.2, 0.25) is 0 Å². The highest BCUT2D eigenvalue weighted by Crippen LogP contribution is 2.34. The van der Waals surface area contributed by atoms with E-state index in [0.717, 1.165) is 18.3 Å². The maximum absolute atomic E-state index is 10.5. The molecule has 0 aliphatic heterocycles. The lowest BCUT2D eigenvalue weighted by molar-refractivity contribution is 0.0704. The van der Waals surface area contributed by atoms with Crippen LogP contribution in [0.25, 0.3) is 0 Å². The Morgan fingerprint density at radius 2 is 2.05 bits per heavy atom. The number of aliphatic hydroxyl groups excluding tert-OH is 1. The second-order valence-corrected chi connectivity index (χ2v) is 6.32. The minimum atomic E-state index is -0.213. The van der Waals surface area contributed by atoms with Gasteiger partial charge >= 0.3 is 0 Å². The van der Waals surface area contributed by atoms with E-state index in [4.69, 9.17) is 0 Å². The van der Waals surface area contributed by atoms with E-state index in [0.29, 0.717) is 12.3 Å². The van der Waals surface area contributed by atoms with Crippen LogP contribution in [0.15, 0.2) is 12.4 Å². The van der Waals surface area contributed by atoms with Crippen molar-refractivity contribution in [3.63, 3.8) is 0 Å². The molecule has 3 heteroatoms. The Hall–Kier alpha value is -0.830. The lowest BCUT2D eigenvalue weighted by Gasteiger charge is -2.31. The fourth-order valence-electron chi connectivity index (χ4n) is 3.53. The molecule has 1 atom stereocenters. The second kappa shape index (κ2) is 7.82. The normalized spacial score (nSPS) is 24.8. The zero-order valence-corrected chi connectivity index (χ0v) is 13.1. The molecule has 0 amide bonds. The van der Waals surface area contributed by atoms with E-state index >= 15 is 0 Å². The molecule has 1 aromatic rings. The number of hydrogen-bond acceptors (Lipinski definition) is 2. The van der Waals surface area contributed by atoms with Gasteiger partial charge in [0.1, 0.15) is 5.82 Å². The zero-order valence-electron chi connectivity index (χ0n) is 13.1. The average Bonchev–Trinajstić information content (AvgIpc) is 2.92. The minimum Gasteiger partial charge on any atom is -0.392 e. The monoisotopic (exact) mass is 278 g/mol. The van der Waals surface area contributed by atoms with Crippen LogP contribution in [0.3, 0.4) is 0 Å². The SMILES string of the molecule is CCCCC1CCC(C(O)Cc2nccn2CC)CC1. The smallest absolute Gasteiger partial charge is 0.111 e. The summed E-state index contributed by atoms with van der Waals surface area (Å²) in [6, 6.07) is 0. The highest BCUT2D eigenvalue weighted by molar-refractivity contribution is 4.95. The van der Waals surface area contributed by atoms with Crippen molar-refractivity contribution < 1.29 is 5.11 Å². The van der Waals surface area contributed by atoms with Crippen molar-refractivity contribution in [3.05, 3.63) is 18.2 Å². The number of aryl methyl sites for hydroxylation is 1. The van der Waals surface area contributed by atoms with Crippen molar-refractivity contribution in [2.45, 2.75) is 77.9 Å². The third-order valence-corrected chi connectivity index (χ3v) is 4.94. The predicted molar refractivity (Wildman–Crippen MR) is 82.6 cm³/mol. The molecule has 0 saturated heterocycles. The van der Waals surface area contributed by atoms with Crippen LogP contribution in [-0.4, -0.2) is 20.8 Å². The Balaban J connectivity index is 1.78. The van der Waals surface area contributed by atoms with Crippen LogP contribution < -0.4 is 0 Å². The van der Waals surface area contributed by atoms with Crippen LogP contribution in [0, 0.1) is 11.8 Å². The Bertz CT molecular complexity index is 380. The fraction of sp³-hybridized carbons (Fsp3) is 0.824. The van der Waals surface area contributed by atoms with Gasteiger partial charge < -0.3 is 9.67 Å². The summed E-state index contributed by atoms with van der Waals surface area (Å²) in [5.74, 6) is 2.43. The van der Waals surface area contributed by atoms with Crippen molar-refractivity contribution in [2.75, 3.05) is 0 Å². The van der Waals surface area contributed by atoms with E-state index < -0.39 is 0 Å². The van der Waals surface area contributed by atoms with Gasteiger partial charge in [0.25, 0.3) is 0 Å². The molecule has 2 rings (SSSR count). The molecule has 1 aliphatic carbocycles. The number of rotatable bonds is 7. The minimum absolute atomic E-state index is 0.213. The Morgan fingerprint density at radius 3 is 2.70 bits per heavy atom. The first kappa shape index (κ1) is 15.6. The quantitative estimate of drug-likeness (QED) is 0.823. The second-order valence-electron chi connectivity index (χ2n) is 6.32.